The molecule has 0 spiro atoms. The van der Waals surface area contributed by atoms with E-state index in [-0.39, 0.29) is 6.61 Å². The van der Waals surface area contributed by atoms with Crippen LogP contribution in [-0.4, -0.2) is 27.3 Å². The third-order valence-corrected chi connectivity index (χ3v) is 3.96. The summed E-state index contributed by atoms with van der Waals surface area (Å²) < 4.78 is 22.0. The van der Waals surface area contributed by atoms with E-state index in [0.29, 0.717) is 22.8 Å². The van der Waals surface area contributed by atoms with Crippen LogP contribution in [0.4, 0.5) is 0 Å². The van der Waals surface area contributed by atoms with Crippen molar-refractivity contribution in [3.63, 3.8) is 0 Å². The van der Waals surface area contributed by atoms with Gasteiger partial charge in [0.1, 0.15) is 12.4 Å². The van der Waals surface area contributed by atoms with Gasteiger partial charge in [0.2, 0.25) is 0 Å². The maximum Gasteiger partial charge on any atom is 0.331 e. The van der Waals surface area contributed by atoms with Crippen LogP contribution in [0.25, 0.3) is 6.08 Å². The molecule has 0 aliphatic rings. The Hall–Kier alpha value is -2.47. The Morgan fingerprint density at radius 3 is 2.16 bits per heavy atom. The predicted molar refractivity (Wildman–Crippen MR) is 99.1 cm³/mol. The Bertz CT molecular complexity index is 753. The molecule has 0 heterocycles. The third kappa shape index (κ3) is 5.26. The molecule has 0 aliphatic heterocycles. The average molecular weight is 407 g/mol. The minimum Gasteiger partial charge on any atom is -0.496 e. The molecule has 25 heavy (non-hydrogen) atoms. The number of halogens is 1. The minimum atomic E-state index is -0.445. The van der Waals surface area contributed by atoms with Gasteiger partial charge in [0.15, 0.2) is 11.5 Å². The molecular formula is C19H19BrO5. The van der Waals surface area contributed by atoms with E-state index in [9.17, 15) is 4.79 Å². The van der Waals surface area contributed by atoms with Crippen LogP contribution in [0.5, 0.6) is 17.2 Å². The predicted octanol–water partition coefficient (Wildman–Crippen LogP) is 4.23. The molecule has 2 aromatic rings. The standard InChI is InChI=1S/C19H19BrO5/c1-22-16-11-18(24-3)17(23-2)10-14(16)6-9-19(21)25-12-13-4-7-15(20)8-5-13/h4-11H,12H2,1-3H3/b9-6+. The smallest absolute Gasteiger partial charge is 0.331 e. The molecule has 5 nitrogen and oxygen atoms in total. The van der Waals surface area contributed by atoms with Crippen LogP contribution in [0.1, 0.15) is 11.1 Å². The van der Waals surface area contributed by atoms with E-state index in [1.807, 2.05) is 24.3 Å². The van der Waals surface area contributed by atoms with E-state index in [2.05, 4.69) is 15.9 Å². The van der Waals surface area contributed by atoms with E-state index >= 15 is 0 Å². The van der Waals surface area contributed by atoms with Gasteiger partial charge >= 0.3 is 5.97 Å². The lowest BCUT2D eigenvalue weighted by Gasteiger charge is -2.12. The first-order chi connectivity index (χ1) is 12.1. The molecule has 0 fully saturated rings. The molecule has 0 radical (unpaired) electrons. The van der Waals surface area contributed by atoms with E-state index in [0.717, 1.165) is 10.0 Å². The van der Waals surface area contributed by atoms with Gasteiger partial charge in [0, 0.05) is 22.2 Å². The number of methoxy groups -OCH3 is 3. The van der Waals surface area contributed by atoms with Crippen LogP contribution in [-0.2, 0) is 16.1 Å². The van der Waals surface area contributed by atoms with Gasteiger partial charge < -0.3 is 18.9 Å². The molecule has 6 heteroatoms. The van der Waals surface area contributed by atoms with Gasteiger partial charge in [-0.1, -0.05) is 28.1 Å². The molecule has 0 aromatic heterocycles. The van der Waals surface area contributed by atoms with E-state index in [4.69, 9.17) is 18.9 Å². The largest absolute Gasteiger partial charge is 0.496 e. The van der Waals surface area contributed by atoms with Crippen molar-refractivity contribution in [2.24, 2.45) is 0 Å². The Balaban J connectivity index is 2.06. The van der Waals surface area contributed by atoms with Crippen LogP contribution < -0.4 is 14.2 Å². The zero-order valence-electron chi connectivity index (χ0n) is 14.2. The minimum absolute atomic E-state index is 0.208. The van der Waals surface area contributed by atoms with Gasteiger partial charge in [-0.15, -0.1) is 0 Å². The van der Waals surface area contributed by atoms with Crippen molar-refractivity contribution in [3.05, 3.63) is 58.1 Å². The lowest BCUT2D eigenvalue weighted by Crippen LogP contribution is -2.01. The Morgan fingerprint density at radius 1 is 0.960 bits per heavy atom. The van der Waals surface area contributed by atoms with Crippen molar-refractivity contribution in [1.29, 1.82) is 0 Å². The van der Waals surface area contributed by atoms with Crippen molar-refractivity contribution in [3.8, 4) is 17.2 Å². The van der Waals surface area contributed by atoms with Gasteiger partial charge in [0.25, 0.3) is 0 Å². The molecule has 0 saturated carbocycles. The van der Waals surface area contributed by atoms with Crippen molar-refractivity contribution in [2.75, 3.05) is 21.3 Å². The normalized spacial score (nSPS) is 10.6. The van der Waals surface area contributed by atoms with Crippen LogP contribution >= 0.6 is 15.9 Å². The first kappa shape index (κ1) is 18.9. The highest BCUT2D eigenvalue weighted by molar-refractivity contribution is 9.10. The first-order valence-corrected chi connectivity index (χ1v) is 8.26. The van der Waals surface area contributed by atoms with Crippen molar-refractivity contribution >= 4 is 28.0 Å². The topological polar surface area (TPSA) is 54.0 Å². The van der Waals surface area contributed by atoms with Crippen molar-refractivity contribution < 1.29 is 23.7 Å². The summed E-state index contributed by atoms with van der Waals surface area (Å²) in [7, 11) is 4.64. The van der Waals surface area contributed by atoms with Crippen molar-refractivity contribution in [1.82, 2.24) is 0 Å². The Kier molecular flexibility index (Phi) is 6.89. The highest BCUT2D eigenvalue weighted by atomic mass is 79.9. The highest BCUT2D eigenvalue weighted by Crippen LogP contribution is 2.35. The maximum absolute atomic E-state index is 11.9. The number of esters is 1. The number of carbonyl (C=O) groups is 1. The maximum atomic E-state index is 11.9. The molecule has 0 amide bonds. The van der Waals surface area contributed by atoms with Gasteiger partial charge in [0.05, 0.1) is 21.3 Å². The monoisotopic (exact) mass is 406 g/mol. The summed E-state index contributed by atoms with van der Waals surface area (Å²) in [4.78, 5) is 11.9. The number of benzene rings is 2. The fourth-order valence-electron chi connectivity index (χ4n) is 2.12. The molecule has 0 saturated heterocycles. The second-order valence-corrected chi connectivity index (χ2v) is 5.93. The Morgan fingerprint density at radius 2 is 1.56 bits per heavy atom. The number of ether oxygens (including phenoxy) is 4. The molecule has 2 rings (SSSR count). The molecule has 2 aromatic carbocycles. The average Bonchev–Trinajstić information content (AvgIpc) is 2.65. The summed E-state index contributed by atoms with van der Waals surface area (Å²) >= 11 is 3.36. The number of rotatable bonds is 7. The zero-order chi connectivity index (χ0) is 18.2. The molecule has 132 valence electrons. The highest BCUT2D eigenvalue weighted by Gasteiger charge is 2.10. The summed E-state index contributed by atoms with van der Waals surface area (Å²) in [5, 5.41) is 0. The van der Waals surface area contributed by atoms with E-state index in [1.165, 1.54) is 6.08 Å². The fourth-order valence-corrected chi connectivity index (χ4v) is 2.39. The number of carbonyl (C=O) groups excluding carboxylic acids is 1. The molecule has 0 N–H and O–H groups in total. The first-order valence-electron chi connectivity index (χ1n) is 7.46. The van der Waals surface area contributed by atoms with Gasteiger partial charge in [-0.05, 0) is 29.8 Å². The van der Waals surface area contributed by atoms with Gasteiger partial charge in [-0.3, -0.25) is 0 Å². The van der Waals surface area contributed by atoms with Crippen LogP contribution in [0.15, 0.2) is 46.9 Å². The number of hydrogen-bond acceptors (Lipinski definition) is 5. The summed E-state index contributed by atoms with van der Waals surface area (Å²) in [6.45, 7) is 0.208. The lowest BCUT2D eigenvalue weighted by atomic mass is 10.1. The van der Waals surface area contributed by atoms with E-state index < -0.39 is 5.97 Å². The van der Waals surface area contributed by atoms with Crippen LogP contribution in [0.3, 0.4) is 0 Å². The second kappa shape index (κ2) is 9.13. The lowest BCUT2D eigenvalue weighted by molar-refractivity contribution is -0.138. The summed E-state index contributed by atoms with van der Waals surface area (Å²) in [5.74, 6) is 1.22. The summed E-state index contributed by atoms with van der Waals surface area (Å²) in [6.07, 6.45) is 2.97. The van der Waals surface area contributed by atoms with Gasteiger partial charge in [-0.25, -0.2) is 4.79 Å². The fraction of sp³-hybridized carbons (Fsp3) is 0.211. The quantitative estimate of drug-likeness (QED) is 0.508. The van der Waals surface area contributed by atoms with Crippen LogP contribution in [0.2, 0.25) is 0 Å². The summed E-state index contributed by atoms with van der Waals surface area (Å²) in [5.41, 5.74) is 1.59. The molecule has 0 atom stereocenters. The van der Waals surface area contributed by atoms with E-state index in [1.54, 1.807) is 39.5 Å². The molecular weight excluding hydrogens is 388 g/mol. The number of hydrogen-bond donors (Lipinski definition) is 0. The third-order valence-electron chi connectivity index (χ3n) is 3.43. The summed E-state index contributed by atoms with van der Waals surface area (Å²) in [6, 6.07) is 11.0. The molecule has 0 aliphatic carbocycles. The molecule has 0 bridgehead atoms. The second-order valence-electron chi connectivity index (χ2n) is 5.02. The Labute approximate surface area is 155 Å². The van der Waals surface area contributed by atoms with Crippen molar-refractivity contribution in [2.45, 2.75) is 6.61 Å². The zero-order valence-corrected chi connectivity index (χ0v) is 15.8. The van der Waals surface area contributed by atoms with Gasteiger partial charge in [-0.2, -0.15) is 0 Å². The van der Waals surface area contributed by atoms with Crippen LogP contribution in [0, 0.1) is 0 Å². The molecule has 0 unspecified atom stereocenters. The SMILES string of the molecule is COc1cc(OC)c(OC)cc1/C=C/C(=O)OCc1ccc(Br)cc1.